The molecular formula is C29H55NO6P+. The highest BCUT2D eigenvalue weighted by molar-refractivity contribution is 7.47. The van der Waals surface area contributed by atoms with Crippen molar-refractivity contribution in [3.05, 3.63) is 24.3 Å². The van der Waals surface area contributed by atoms with Gasteiger partial charge in [-0.05, 0) is 39.0 Å². The van der Waals surface area contributed by atoms with Gasteiger partial charge < -0.3 is 14.1 Å². The topological polar surface area (TPSA) is 82.1 Å². The molecule has 0 aromatic rings. The van der Waals surface area contributed by atoms with Crippen LogP contribution in [-0.2, 0) is 23.1 Å². The fourth-order valence-corrected chi connectivity index (χ4v) is 5.16. The molecule has 3 atom stereocenters. The molecule has 7 nitrogen and oxygen atoms in total. The van der Waals surface area contributed by atoms with Crippen LogP contribution in [0.2, 0.25) is 0 Å². The molecule has 0 aliphatic carbocycles. The molecule has 0 aromatic carbocycles. The van der Waals surface area contributed by atoms with Crippen LogP contribution in [0.5, 0.6) is 0 Å². The van der Waals surface area contributed by atoms with E-state index in [1.165, 1.54) is 51.4 Å². The Balaban J connectivity index is 2.65. The quantitative estimate of drug-likeness (QED) is 0.161. The number of ether oxygens (including phenoxy) is 1. The van der Waals surface area contributed by atoms with E-state index in [1.807, 2.05) is 28.1 Å². The Morgan fingerprint density at radius 2 is 1.43 bits per heavy atom. The predicted octanol–water partition coefficient (Wildman–Crippen LogP) is 7.49. The molecule has 0 saturated heterocycles. The van der Waals surface area contributed by atoms with Gasteiger partial charge >= 0.3 is 13.8 Å². The third kappa shape index (κ3) is 21.6. The molecule has 0 bridgehead atoms. The van der Waals surface area contributed by atoms with E-state index in [-0.39, 0.29) is 19.1 Å². The highest BCUT2D eigenvalue weighted by Gasteiger charge is 2.29. The second-order valence-corrected chi connectivity index (χ2v) is 12.8. The summed E-state index contributed by atoms with van der Waals surface area (Å²) in [4.78, 5) is 22.9. The number of nitrogens with zero attached hydrogens (tertiary/aromatic N) is 1. The summed E-state index contributed by atoms with van der Waals surface area (Å²) >= 11 is 0. The van der Waals surface area contributed by atoms with Gasteiger partial charge in [-0.3, -0.25) is 13.8 Å². The molecule has 0 amide bonds. The summed E-state index contributed by atoms with van der Waals surface area (Å²) in [6.45, 7) is 2.54. The Labute approximate surface area is 226 Å². The van der Waals surface area contributed by atoms with E-state index < -0.39 is 19.9 Å². The average Bonchev–Trinajstić information content (AvgIpc) is 2.78. The fourth-order valence-electron chi connectivity index (χ4n) is 4.23. The number of carbonyl (C=O) groups excluding carboxylic acids is 1. The first kappa shape index (κ1) is 34.0. The normalized spacial score (nSPS) is 26.8. The van der Waals surface area contributed by atoms with Crippen molar-refractivity contribution < 1.29 is 32.5 Å². The number of carbonyl (C=O) groups is 1. The largest absolute Gasteiger partial charge is 0.472 e. The van der Waals surface area contributed by atoms with Crippen molar-refractivity contribution >= 4 is 13.8 Å². The number of esters is 1. The highest BCUT2D eigenvalue weighted by atomic mass is 31.2. The number of rotatable bonds is 6. The molecule has 216 valence electrons. The van der Waals surface area contributed by atoms with Crippen LogP contribution in [0.25, 0.3) is 0 Å². The lowest BCUT2D eigenvalue weighted by Crippen LogP contribution is -2.37. The van der Waals surface area contributed by atoms with Crippen LogP contribution in [0.4, 0.5) is 0 Å². The molecule has 1 rings (SSSR count). The third-order valence-corrected chi connectivity index (χ3v) is 7.55. The monoisotopic (exact) mass is 544 g/mol. The standard InChI is InChI=1S/C29H54NO6P/c1-27-22-20-18-16-14-12-10-8-6-5-7-9-11-13-15-17-19-21-23-28(26-29(31)35-27)36-37(32,33)34-25-24-30(2,3)4/h10,12,18,20,27-28H,5-9,11,13-17,19,21-26H2,1-4H3/p+1/b12-10+,20-18+/t27-,28+/m0/s1. The van der Waals surface area contributed by atoms with Crippen molar-refractivity contribution in [2.45, 2.75) is 122 Å². The van der Waals surface area contributed by atoms with Gasteiger partial charge in [0.25, 0.3) is 0 Å². The van der Waals surface area contributed by atoms with Gasteiger partial charge in [0.1, 0.15) is 19.3 Å². The summed E-state index contributed by atoms with van der Waals surface area (Å²) in [5.41, 5.74) is 0. The zero-order valence-corrected chi connectivity index (χ0v) is 25.0. The molecule has 0 radical (unpaired) electrons. The van der Waals surface area contributed by atoms with Crippen molar-refractivity contribution in [2.75, 3.05) is 34.3 Å². The van der Waals surface area contributed by atoms with Gasteiger partial charge in [0.2, 0.25) is 0 Å². The number of hydrogen-bond donors (Lipinski definition) is 1. The Morgan fingerprint density at radius 3 is 2.05 bits per heavy atom. The second kappa shape index (κ2) is 20.0. The average molecular weight is 545 g/mol. The van der Waals surface area contributed by atoms with Crippen LogP contribution in [0, 0.1) is 0 Å². The summed E-state index contributed by atoms with van der Waals surface area (Å²) in [7, 11) is 1.68. The van der Waals surface area contributed by atoms with Gasteiger partial charge in [-0.1, -0.05) is 82.1 Å². The molecular weight excluding hydrogens is 489 g/mol. The van der Waals surface area contributed by atoms with E-state index in [4.69, 9.17) is 13.8 Å². The molecule has 1 unspecified atom stereocenters. The number of cyclic esters (lactones) is 1. The fraction of sp³-hybridized carbons (Fsp3) is 0.828. The van der Waals surface area contributed by atoms with Gasteiger partial charge in [0.05, 0.1) is 33.7 Å². The zero-order chi connectivity index (χ0) is 27.4. The number of hydrogen-bond acceptors (Lipinski definition) is 5. The Morgan fingerprint density at radius 1 is 0.892 bits per heavy atom. The van der Waals surface area contributed by atoms with Crippen molar-refractivity contribution in [3.63, 3.8) is 0 Å². The maximum atomic E-state index is 12.6. The van der Waals surface area contributed by atoms with Gasteiger partial charge in [0.15, 0.2) is 0 Å². The minimum atomic E-state index is -4.26. The van der Waals surface area contributed by atoms with Crippen molar-refractivity contribution in [1.29, 1.82) is 0 Å². The van der Waals surface area contributed by atoms with Crippen molar-refractivity contribution in [1.82, 2.24) is 0 Å². The second-order valence-electron chi connectivity index (χ2n) is 11.4. The summed E-state index contributed by atoms with van der Waals surface area (Å²) in [5.74, 6) is -0.408. The molecule has 37 heavy (non-hydrogen) atoms. The van der Waals surface area contributed by atoms with E-state index in [0.29, 0.717) is 23.9 Å². The van der Waals surface area contributed by atoms with E-state index in [9.17, 15) is 14.3 Å². The van der Waals surface area contributed by atoms with E-state index in [2.05, 4.69) is 24.3 Å². The molecule has 1 heterocycles. The zero-order valence-electron chi connectivity index (χ0n) is 24.1. The summed E-state index contributed by atoms with van der Waals surface area (Å²) in [5, 5.41) is 0. The summed E-state index contributed by atoms with van der Waals surface area (Å²) < 4.78 is 29.4. The number of phosphoric acid groups is 1. The number of quaternary nitrogens is 1. The van der Waals surface area contributed by atoms with Gasteiger partial charge in [-0.25, -0.2) is 4.57 Å². The Bertz CT molecular complexity index is 703. The molecule has 1 N–H and O–H groups in total. The lowest BCUT2D eigenvalue weighted by atomic mass is 10.0. The van der Waals surface area contributed by atoms with Crippen LogP contribution >= 0.6 is 7.82 Å². The smallest absolute Gasteiger partial charge is 0.462 e. The maximum absolute atomic E-state index is 12.6. The molecule has 0 aromatic heterocycles. The van der Waals surface area contributed by atoms with E-state index >= 15 is 0 Å². The lowest BCUT2D eigenvalue weighted by Gasteiger charge is -2.25. The van der Waals surface area contributed by atoms with Gasteiger partial charge in [-0.2, -0.15) is 0 Å². The van der Waals surface area contributed by atoms with Crippen molar-refractivity contribution in [2.24, 2.45) is 0 Å². The number of allylic oxidation sites excluding steroid dienone is 3. The third-order valence-electron chi connectivity index (χ3n) is 6.47. The van der Waals surface area contributed by atoms with Gasteiger partial charge in [-0.15, -0.1) is 0 Å². The Hall–Kier alpha value is -0.980. The van der Waals surface area contributed by atoms with E-state index in [1.54, 1.807) is 0 Å². The molecule has 8 heteroatoms. The van der Waals surface area contributed by atoms with Gasteiger partial charge in [0, 0.05) is 6.42 Å². The maximum Gasteiger partial charge on any atom is 0.472 e. The lowest BCUT2D eigenvalue weighted by molar-refractivity contribution is -0.870. The first-order chi connectivity index (χ1) is 17.6. The molecule has 0 saturated carbocycles. The molecule has 0 spiro atoms. The number of likely N-dealkylation sites (N-methyl/N-ethyl adjacent to an activating group) is 1. The van der Waals surface area contributed by atoms with Crippen LogP contribution < -0.4 is 0 Å². The minimum Gasteiger partial charge on any atom is -0.462 e. The van der Waals surface area contributed by atoms with Crippen molar-refractivity contribution in [3.8, 4) is 0 Å². The first-order valence-electron chi connectivity index (χ1n) is 14.5. The molecule has 1 aliphatic rings. The van der Waals surface area contributed by atoms with Crippen LogP contribution in [0.3, 0.4) is 0 Å². The SMILES string of the molecule is C[C@H]1C/C=C/CC/C=C/CCCCCCCCCCCC[C@@H](OP(=O)(O)OCC[N+](C)(C)C)CC(=O)O1. The summed E-state index contributed by atoms with van der Waals surface area (Å²) in [6, 6.07) is 0. The van der Waals surface area contributed by atoms with Crippen LogP contribution in [0.1, 0.15) is 110 Å². The Kier molecular flexibility index (Phi) is 18.4. The minimum absolute atomic E-state index is 0.0535. The summed E-state index contributed by atoms with van der Waals surface area (Å²) in [6.07, 6.45) is 24.0. The predicted molar refractivity (Wildman–Crippen MR) is 151 cm³/mol. The highest BCUT2D eigenvalue weighted by Crippen LogP contribution is 2.45. The number of phosphoric ester groups is 1. The van der Waals surface area contributed by atoms with Crippen LogP contribution in [0.15, 0.2) is 24.3 Å². The molecule has 1 aliphatic heterocycles. The van der Waals surface area contributed by atoms with E-state index in [0.717, 1.165) is 32.1 Å². The van der Waals surface area contributed by atoms with Crippen LogP contribution in [-0.4, -0.2) is 61.8 Å². The molecule has 0 fully saturated rings. The first-order valence-corrected chi connectivity index (χ1v) is 16.0.